The van der Waals surface area contributed by atoms with Crippen LogP contribution < -0.4 is 10.8 Å². The maximum atomic E-state index is 14.2. The molecule has 21 heavy (non-hydrogen) atoms. The van der Waals surface area contributed by atoms with Gasteiger partial charge in [-0.3, -0.25) is 4.57 Å². The standard InChI is InChI=1S/C15H16BFN4/c1-7-19-20-14-15(2,3)18-10-6-9(17)12(16)11(8-4-5-8)13(10)21(7)14/h6,8,18H,4-5H2,1-3H3. The van der Waals surface area contributed by atoms with Crippen LogP contribution in [0.4, 0.5) is 10.1 Å². The first-order chi connectivity index (χ1) is 9.90. The Morgan fingerprint density at radius 3 is 2.76 bits per heavy atom. The molecule has 0 amide bonds. The highest BCUT2D eigenvalue weighted by Gasteiger charge is 2.39. The van der Waals surface area contributed by atoms with E-state index >= 15 is 0 Å². The van der Waals surface area contributed by atoms with E-state index in [1.807, 2.05) is 25.3 Å². The molecule has 1 N–H and O–H groups in total. The number of nitrogens with zero attached hydrogens (tertiary/aromatic N) is 3. The Morgan fingerprint density at radius 1 is 1.38 bits per heavy atom. The summed E-state index contributed by atoms with van der Waals surface area (Å²) in [6, 6.07) is 1.49. The molecule has 4 rings (SSSR count). The summed E-state index contributed by atoms with van der Waals surface area (Å²) >= 11 is 0. The molecule has 2 aliphatic rings. The first-order valence-electron chi connectivity index (χ1n) is 7.23. The van der Waals surface area contributed by atoms with Gasteiger partial charge in [0.1, 0.15) is 19.5 Å². The lowest BCUT2D eigenvalue weighted by molar-refractivity contribution is 0.532. The van der Waals surface area contributed by atoms with Gasteiger partial charge in [-0.25, -0.2) is 4.39 Å². The molecular weight excluding hydrogens is 266 g/mol. The number of halogens is 1. The predicted octanol–water partition coefficient (Wildman–Crippen LogP) is 2.05. The number of anilines is 1. The van der Waals surface area contributed by atoms with Gasteiger partial charge >= 0.3 is 0 Å². The highest BCUT2D eigenvalue weighted by atomic mass is 19.1. The van der Waals surface area contributed by atoms with Crippen molar-refractivity contribution in [2.75, 3.05) is 5.32 Å². The van der Waals surface area contributed by atoms with Gasteiger partial charge in [0, 0.05) is 0 Å². The maximum absolute atomic E-state index is 14.2. The molecule has 2 radical (unpaired) electrons. The molecule has 0 spiro atoms. The Bertz CT molecular complexity index is 762. The third-order valence-electron chi connectivity index (χ3n) is 4.37. The second-order valence-corrected chi connectivity index (χ2v) is 6.51. The van der Waals surface area contributed by atoms with Gasteiger partial charge in [0.2, 0.25) is 0 Å². The minimum absolute atomic E-state index is 0.261. The quantitative estimate of drug-likeness (QED) is 0.814. The van der Waals surface area contributed by atoms with Crippen molar-refractivity contribution in [1.82, 2.24) is 14.8 Å². The van der Waals surface area contributed by atoms with Gasteiger partial charge < -0.3 is 5.32 Å². The summed E-state index contributed by atoms with van der Waals surface area (Å²) in [5, 5.41) is 11.9. The van der Waals surface area contributed by atoms with Gasteiger partial charge in [0.25, 0.3) is 0 Å². The second-order valence-electron chi connectivity index (χ2n) is 6.51. The van der Waals surface area contributed by atoms with Crippen LogP contribution in [0.2, 0.25) is 0 Å². The molecule has 1 aromatic carbocycles. The van der Waals surface area contributed by atoms with Crippen LogP contribution in [-0.4, -0.2) is 22.6 Å². The van der Waals surface area contributed by atoms with Crippen molar-refractivity contribution >= 4 is 19.0 Å². The predicted molar refractivity (Wildman–Crippen MR) is 80.1 cm³/mol. The Labute approximate surface area is 124 Å². The van der Waals surface area contributed by atoms with Crippen LogP contribution in [0.1, 0.15) is 49.8 Å². The molecule has 1 aliphatic heterocycles. The molecule has 1 aliphatic carbocycles. The van der Waals surface area contributed by atoms with Crippen molar-refractivity contribution in [2.24, 2.45) is 0 Å². The molecule has 1 aromatic heterocycles. The van der Waals surface area contributed by atoms with Crippen LogP contribution in [0.5, 0.6) is 0 Å². The van der Waals surface area contributed by atoms with Crippen molar-refractivity contribution in [3.63, 3.8) is 0 Å². The molecule has 0 bridgehead atoms. The zero-order valence-electron chi connectivity index (χ0n) is 12.4. The van der Waals surface area contributed by atoms with Gasteiger partial charge in [-0.15, -0.1) is 10.2 Å². The highest BCUT2D eigenvalue weighted by molar-refractivity contribution is 6.34. The van der Waals surface area contributed by atoms with Crippen LogP contribution >= 0.6 is 0 Å². The van der Waals surface area contributed by atoms with E-state index in [1.165, 1.54) is 6.07 Å². The average molecular weight is 282 g/mol. The van der Waals surface area contributed by atoms with Gasteiger partial charge in [0.15, 0.2) is 5.82 Å². The van der Waals surface area contributed by atoms with Crippen LogP contribution in [0.15, 0.2) is 6.07 Å². The summed E-state index contributed by atoms with van der Waals surface area (Å²) in [5.74, 6) is 1.62. The zero-order valence-corrected chi connectivity index (χ0v) is 12.4. The van der Waals surface area contributed by atoms with E-state index in [4.69, 9.17) is 7.85 Å². The molecule has 106 valence electrons. The summed E-state index contributed by atoms with van der Waals surface area (Å²) in [5.41, 5.74) is 2.45. The molecule has 1 saturated carbocycles. The number of hydrogen-bond acceptors (Lipinski definition) is 3. The summed E-state index contributed by atoms with van der Waals surface area (Å²) in [7, 11) is 6.03. The number of aryl methyl sites for hydroxylation is 1. The largest absolute Gasteiger partial charge is 0.371 e. The van der Waals surface area contributed by atoms with E-state index in [0.29, 0.717) is 5.92 Å². The van der Waals surface area contributed by atoms with E-state index in [9.17, 15) is 4.39 Å². The fourth-order valence-corrected chi connectivity index (χ4v) is 3.22. The molecule has 2 heterocycles. The minimum Gasteiger partial charge on any atom is -0.371 e. The Balaban J connectivity index is 2.10. The maximum Gasteiger partial charge on any atom is 0.162 e. The number of benzene rings is 1. The summed E-state index contributed by atoms with van der Waals surface area (Å²) in [6.07, 6.45) is 2.11. The van der Waals surface area contributed by atoms with Crippen molar-refractivity contribution in [3.8, 4) is 5.69 Å². The topological polar surface area (TPSA) is 42.7 Å². The summed E-state index contributed by atoms with van der Waals surface area (Å²) < 4.78 is 16.2. The highest BCUT2D eigenvalue weighted by Crippen LogP contribution is 2.47. The normalized spacial score (nSPS) is 18.9. The monoisotopic (exact) mass is 282 g/mol. The molecule has 0 atom stereocenters. The fourth-order valence-electron chi connectivity index (χ4n) is 3.22. The number of aromatic nitrogens is 3. The summed E-state index contributed by atoms with van der Waals surface area (Å²) in [6.45, 7) is 5.94. The average Bonchev–Trinajstić information content (AvgIpc) is 3.15. The lowest BCUT2D eigenvalue weighted by Gasteiger charge is -2.35. The van der Waals surface area contributed by atoms with Crippen molar-refractivity contribution in [2.45, 2.75) is 45.1 Å². The van der Waals surface area contributed by atoms with Crippen LogP contribution in [-0.2, 0) is 5.54 Å². The summed E-state index contributed by atoms with van der Waals surface area (Å²) in [4.78, 5) is 0. The van der Waals surface area contributed by atoms with Gasteiger partial charge in [-0.05, 0) is 51.2 Å². The van der Waals surface area contributed by atoms with Crippen molar-refractivity contribution in [3.05, 3.63) is 29.1 Å². The van der Waals surface area contributed by atoms with Crippen LogP contribution in [0, 0.1) is 12.7 Å². The lowest BCUT2D eigenvalue weighted by Crippen LogP contribution is -2.37. The second kappa shape index (κ2) is 3.87. The smallest absolute Gasteiger partial charge is 0.162 e. The number of rotatable bonds is 1. The minimum atomic E-state index is -0.405. The van der Waals surface area contributed by atoms with E-state index in [0.717, 1.165) is 41.4 Å². The zero-order chi connectivity index (χ0) is 14.9. The van der Waals surface area contributed by atoms with E-state index in [2.05, 4.69) is 15.5 Å². The SMILES string of the molecule is [B]c1c(F)cc2c(c1C1CC1)-n1c(C)nnc1C(C)(C)N2. The molecule has 6 heteroatoms. The molecule has 4 nitrogen and oxygen atoms in total. The Morgan fingerprint density at radius 2 is 2.10 bits per heavy atom. The van der Waals surface area contributed by atoms with E-state index in [1.54, 1.807) is 0 Å². The Kier molecular flexibility index (Phi) is 2.37. The molecule has 0 unspecified atom stereocenters. The third kappa shape index (κ3) is 1.68. The number of nitrogens with one attached hydrogen (secondary N) is 1. The van der Waals surface area contributed by atoms with E-state index in [-0.39, 0.29) is 11.3 Å². The van der Waals surface area contributed by atoms with Crippen LogP contribution in [0.3, 0.4) is 0 Å². The molecule has 2 aromatic rings. The molecular formula is C15H16BFN4. The first-order valence-corrected chi connectivity index (χ1v) is 7.23. The molecule has 0 saturated heterocycles. The van der Waals surface area contributed by atoms with E-state index < -0.39 is 5.54 Å². The van der Waals surface area contributed by atoms with Gasteiger partial charge in [-0.2, -0.15) is 0 Å². The van der Waals surface area contributed by atoms with Crippen molar-refractivity contribution in [1.29, 1.82) is 0 Å². The van der Waals surface area contributed by atoms with Crippen molar-refractivity contribution < 1.29 is 4.39 Å². The van der Waals surface area contributed by atoms with Gasteiger partial charge in [0.05, 0.1) is 16.9 Å². The molecule has 1 fully saturated rings. The third-order valence-corrected chi connectivity index (χ3v) is 4.37. The van der Waals surface area contributed by atoms with Crippen LogP contribution in [0.25, 0.3) is 5.69 Å². The number of fused-ring (bicyclic) bond motifs is 3. The lowest BCUT2D eigenvalue weighted by atomic mass is 9.84. The fraction of sp³-hybridized carbons (Fsp3) is 0.467. The first kappa shape index (κ1) is 12.9. The Hall–Kier alpha value is -1.85. The van der Waals surface area contributed by atoms with Gasteiger partial charge in [-0.1, -0.05) is 5.46 Å². The number of hydrogen-bond donors (Lipinski definition) is 1.